The van der Waals surface area contributed by atoms with Crippen LogP contribution in [0.4, 0.5) is 0 Å². The van der Waals surface area contributed by atoms with Gasteiger partial charge in [-0.2, -0.15) is 0 Å². The molecule has 2 aromatic rings. The van der Waals surface area contributed by atoms with Gasteiger partial charge in [0.2, 0.25) is 0 Å². The zero-order valence-corrected chi connectivity index (χ0v) is 8.71. The lowest BCUT2D eigenvalue weighted by Crippen LogP contribution is -2.20. The third kappa shape index (κ3) is 1.96. The maximum Gasteiger partial charge on any atom is 0.294 e. The Morgan fingerprint density at radius 2 is 1.40 bits per heavy atom. The van der Waals surface area contributed by atoms with Gasteiger partial charge in [0.05, 0.1) is 0 Å². The quantitative estimate of drug-likeness (QED) is 0.756. The zero-order chi connectivity index (χ0) is 10.7. The lowest BCUT2D eigenvalue weighted by molar-refractivity contribution is 0.499. The van der Waals surface area contributed by atoms with Crippen LogP contribution in [0.15, 0.2) is 48.8 Å². The maximum atomic E-state index is 12.0. The molecule has 0 unspecified atom stereocenters. The van der Waals surface area contributed by atoms with Crippen molar-refractivity contribution in [3.63, 3.8) is 0 Å². The summed E-state index contributed by atoms with van der Waals surface area (Å²) in [4.78, 5) is 17.6. The fraction of sp³-hybridized carbons (Fsp3) is 0. The largest absolute Gasteiger partial charge is 0.336 e. The summed E-state index contributed by atoms with van der Waals surface area (Å²) in [7, 11) is -3.62. The summed E-state index contributed by atoms with van der Waals surface area (Å²) >= 11 is 0. The van der Waals surface area contributed by atoms with Crippen LogP contribution in [-0.2, 0) is 4.57 Å². The fourth-order valence-electron chi connectivity index (χ4n) is 1.18. The molecular weight excluding hydrogens is 211 g/mol. The molecule has 5 heteroatoms. The summed E-state index contributed by atoms with van der Waals surface area (Å²) in [5, 5.41) is 0. The second kappa shape index (κ2) is 3.93. The van der Waals surface area contributed by atoms with Crippen LogP contribution in [0.5, 0.6) is 0 Å². The normalized spacial score (nSPS) is 11.3. The Kier molecular flexibility index (Phi) is 2.62. The average Bonchev–Trinajstić information content (AvgIpc) is 2.31. The highest BCUT2D eigenvalue weighted by Crippen LogP contribution is 2.35. The van der Waals surface area contributed by atoms with Crippen LogP contribution in [0.2, 0.25) is 0 Å². The molecular formula is C10H9N2O2P. The number of hydrogen-bond donors (Lipinski definition) is 1. The van der Waals surface area contributed by atoms with Crippen LogP contribution >= 0.6 is 7.37 Å². The van der Waals surface area contributed by atoms with Gasteiger partial charge in [-0.05, 0) is 24.3 Å². The van der Waals surface area contributed by atoms with E-state index in [1.807, 2.05) is 0 Å². The molecule has 0 aliphatic rings. The summed E-state index contributed by atoms with van der Waals surface area (Å²) < 4.78 is 12.0. The molecule has 2 rings (SSSR count). The van der Waals surface area contributed by atoms with Crippen molar-refractivity contribution in [1.29, 1.82) is 0 Å². The molecule has 4 nitrogen and oxygen atoms in total. The van der Waals surface area contributed by atoms with Crippen molar-refractivity contribution < 1.29 is 9.46 Å². The van der Waals surface area contributed by atoms with E-state index in [1.54, 1.807) is 24.3 Å². The van der Waals surface area contributed by atoms with Crippen molar-refractivity contribution >= 4 is 18.2 Å². The molecule has 0 radical (unpaired) electrons. The number of aromatic nitrogens is 2. The van der Waals surface area contributed by atoms with E-state index in [2.05, 4.69) is 9.97 Å². The average molecular weight is 220 g/mol. The number of nitrogens with zero attached hydrogens (tertiary/aromatic N) is 2. The summed E-state index contributed by atoms with van der Waals surface area (Å²) in [6, 6.07) is 9.79. The van der Waals surface area contributed by atoms with Gasteiger partial charge in [-0.15, -0.1) is 0 Å². The Balaban J connectivity index is 2.50. The first-order valence-electron chi connectivity index (χ1n) is 4.37. The van der Waals surface area contributed by atoms with Gasteiger partial charge in [0.25, 0.3) is 7.37 Å². The van der Waals surface area contributed by atoms with Gasteiger partial charge in [0, 0.05) is 12.4 Å². The van der Waals surface area contributed by atoms with Crippen molar-refractivity contribution in [2.45, 2.75) is 0 Å². The molecule has 0 amide bonds. The van der Waals surface area contributed by atoms with Crippen molar-refractivity contribution in [2.75, 3.05) is 0 Å². The Bertz CT molecular complexity index is 444. The molecule has 15 heavy (non-hydrogen) atoms. The Morgan fingerprint density at radius 1 is 0.933 bits per heavy atom. The third-order valence-electron chi connectivity index (χ3n) is 1.92. The molecule has 0 saturated carbocycles. The number of pyridine rings is 2. The van der Waals surface area contributed by atoms with Crippen molar-refractivity contribution in [3.05, 3.63) is 48.8 Å². The molecule has 0 fully saturated rings. The van der Waals surface area contributed by atoms with E-state index in [4.69, 9.17) is 0 Å². The lowest BCUT2D eigenvalue weighted by atomic mass is 10.5. The molecule has 0 aliphatic carbocycles. The molecule has 0 aromatic carbocycles. The molecule has 0 atom stereocenters. The monoisotopic (exact) mass is 220 g/mol. The van der Waals surface area contributed by atoms with E-state index in [0.717, 1.165) is 0 Å². The van der Waals surface area contributed by atoms with Crippen LogP contribution in [0.25, 0.3) is 0 Å². The molecule has 2 aromatic heterocycles. The first-order chi connectivity index (χ1) is 7.21. The van der Waals surface area contributed by atoms with Gasteiger partial charge in [-0.25, -0.2) is 0 Å². The molecule has 76 valence electrons. The Labute approximate surface area is 87.1 Å². The predicted octanol–water partition coefficient (Wildman–Crippen LogP) is 0.698. The predicted molar refractivity (Wildman–Crippen MR) is 57.6 cm³/mol. The fourth-order valence-corrected chi connectivity index (χ4v) is 2.44. The smallest absolute Gasteiger partial charge is 0.294 e. The van der Waals surface area contributed by atoms with Gasteiger partial charge in [0.1, 0.15) is 10.9 Å². The van der Waals surface area contributed by atoms with E-state index in [-0.39, 0.29) is 10.9 Å². The molecule has 0 bridgehead atoms. The van der Waals surface area contributed by atoms with Gasteiger partial charge in [-0.3, -0.25) is 14.5 Å². The molecule has 2 heterocycles. The second-order valence-electron chi connectivity index (χ2n) is 2.95. The SMILES string of the molecule is O=P(O)(c1ccccn1)c1ccccn1. The van der Waals surface area contributed by atoms with Gasteiger partial charge in [-0.1, -0.05) is 12.1 Å². The first-order valence-corrected chi connectivity index (χ1v) is 6.03. The highest BCUT2D eigenvalue weighted by molar-refractivity contribution is 7.73. The summed E-state index contributed by atoms with van der Waals surface area (Å²) in [5.41, 5.74) is 0.312. The van der Waals surface area contributed by atoms with Crippen molar-refractivity contribution in [3.8, 4) is 0 Å². The number of rotatable bonds is 2. The highest BCUT2D eigenvalue weighted by atomic mass is 31.2. The van der Waals surface area contributed by atoms with Crippen LogP contribution in [-0.4, -0.2) is 14.9 Å². The summed E-state index contributed by atoms with van der Waals surface area (Å²) in [6.07, 6.45) is 2.97. The first kappa shape index (κ1) is 10.0. The van der Waals surface area contributed by atoms with Crippen LogP contribution in [0.1, 0.15) is 0 Å². The summed E-state index contributed by atoms with van der Waals surface area (Å²) in [5.74, 6) is 0. The van der Waals surface area contributed by atoms with E-state index in [0.29, 0.717) is 0 Å². The molecule has 0 aliphatic heterocycles. The zero-order valence-electron chi connectivity index (χ0n) is 7.82. The maximum absolute atomic E-state index is 12.0. The highest BCUT2D eigenvalue weighted by Gasteiger charge is 2.26. The van der Waals surface area contributed by atoms with E-state index in [9.17, 15) is 9.46 Å². The second-order valence-corrected chi connectivity index (χ2v) is 5.02. The molecule has 0 spiro atoms. The lowest BCUT2D eigenvalue weighted by Gasteiger charge is -2.08. The van der Waals surface area contributed by atoms with Crippen LogP contribution in [0.3, 0.4) is 0 Å². The van der Waals surface area contributed by atoms with Crippen molar-refractivity contribution in [2.24, 2.45) is 0 Å². The van der Waals surface area contributed by atoms with E-state index >= 15 is 0 Å². The van der Waals surface area contributed by atoms with Crippen LogP contribution in [0, 0.1) is 0 Å². The minimum absolute atomic E-state index is 0.156. The van der Waals surface area contributed by atoms with Gasteiger partial charge < -0.3 is 4.89 Å². The topological polar surface area (TPSA) is 63.1 Å². The van der Waals surface area contributed by atoms with Crippen molar-refractivity contribution in [1.82, 2.24) is 9.97 Å². The molecule has 1 N–H and O–H groups in total. The standard InChI is InChI=1S/C10H9N2O2P/c13-15(14,9-5-1-3-7-11-9)10-6-2-4-8-12-10/h1-8H,(H,13,14). The Hall–Kier alpha value is -1.51. The molecule has 0 saturated heterocycles. The van der Waals surface area contributed by atoms with Gasteiger partial charge in [0.15, 0.2) is 0 Å². The minimum atomic E-state index is -3.62. The minimum Gasteiger partial charge on any atom is -0.336 e. The van der Waals surface area contributed by atoms with E-state index in [1.165, 1.54) is 24.5 Å². The van der Waals surface area contributed by atoms with Crippen LogP contribution < -0.4 is 10.9 Å². The number of hydrogen-bond acceptors (Lipinski definition) is 3. The van der Waals surface area contributed by atoms with Gasteiger partial charge >= 0.3 is 0 Å². The Morgan fingerprint density at radius 3 is 1.73 bits per heavy atom. The van der Waals surface area contributed by atoms with E-state index < -0.39 is 7.37 Å². The third-order valence-corrected chi connectivity index (χ3v) is 3.69. The summed E-state index contributed by atoms with van der Waals surface area (Å²) in [6.45, 7) is 0.